The smallest absolute Gasteiger partial charge is 0.261 e. The Bertz CT molecular complexity index is 1050. The third-order valence-corrected chi connectivity index (χ3v) is 4.93. The molecule has 0 saturated carbocycles. The highest BCUT2D eigenvalue weighted by Crippen LogP contribution is 2.28. The molecule has 0 aliphatic heterocycles. The first-order valence-corrected chi connectivity index (χ1v) is 9.68. The van der Waals surface area contributed by atoms with Crippen LogP contribution in [0.3, 0.4) is 0 Å². The van der Waals surface area contributed by atoms with Crippen LogP contribution in [0.4, 0.5) is 10.8 Å². The standard InChI is InChI=1S/C19H18N4O3S2/c1-3-16(24)22-19-21-13-9-8-11(10-15(13)28-19)20-18(27)23-17(25)12-6-4-5-7-14(12)26-2/h4-10H,3H2,1-2H3,(H,21,22,24)(H2,20,23,25,27). The summed E-state index contributed by atoms with van der Waals surface area (Å²) >= 11 is 6.61. The monoisotopic (exact) mass is 414 g/mol. The minimum Gasteiger partial charge on any atom is -0.496 e. The Balaban J connectivity index is 1.68. The lowest BCUT2D eigenvalue weighted by Gasteiger charge is -2.11. The van der Waals surface area contributed by atoms with Crippen molar-refractivity contribution < 1.29 is 14.3 Å². The molecule has 0 atom stereocenters. The van der Waals surface area contributed by atoms with E-state index in [-0.39, 0.29) is 16.9 Å². The van der Waals surface area contributed by atoms with E-state index in [1.54, 1.807) is 37.3 Å². The Hall–Kier alpha value is -3.04. The van der Waals surface area contributed by atoms with Crippen LogP contribution >= 0.6 is 23.6 Å². The van der Waals surface area contributed by atoms with E-state index in [4.69, 9.17) is 17.0 Å². The fraction of sp³-hybridized carbons (Fsp3) is 0.158. The number of carbonyl (C=O) groups excluding carboxylic acids is 2. The molecule has 3 aromatic rings. The molecule has 0 aliphatic rings. The number of thiazole rings is 1. The van der Waals surface area contributed by atoms with Gasteiger partial charge in [0, 0.05) is 12.1 Å². The number of rotatable bonds is 5. The third kappa shape index (κ3) is 4.62. The molecule has 0 saturated heterocycles. The number of nitrogens with zero attached hydrogens (tertiary/aromatic N) is 1. The van der Waals surface area contributed by atoms with E-state index < -0.39 is 0 Å². The second-order valence-electron chi connectivity index (χ2n) is 5.71. The molecule has 7 nitrogen and oxygen atoms in total. The summed E-state index contributed by atoms with van der Waals surface area (Å²) in [5.41, 5.74) is 1.86. The number of ether oxygens (including phenoxy) is 1. The molecular weight excluding hydrogens is 396 g/mol. The lowest BCUT2D eigenvalue weighted by molar-refractivity contribution is -0.115. The number of anilines is 2. The van der Waals surface area contributed by atoms with Gasteiger partial charge in [0.2, 0.25) is 5.91 Å². The summed E-state index contributed by atoms with van der Waals surface area (Å²) in [5.74, 6) is 0.0200. The topological polar surface area (TPSA) is 92.4 Å². The number of methoxy groups -OCH3 is 1. The van der Waals surface area contributed by atoms with Gasteiger partial charge in [0.15, 0.2) is 10.2 Å². The molecule has 0 fully saturated rings. The molecule has 0 aliphatic carbocycles. The number of benzene rings is 2. The van der Waals surface area contributed by atoms with Crippen molar-refractivity contribution in [3.05, 3.63) is 48.0 Å². The molecular formula is C19H18N4O3S2. The van der Waals surface area contributed by atoms with Gasteiger partial charge in [-0.15, -0.1) is 0 Å². The van der Waals surface area contributed by atoms with Crippen molar-refractivity contribution in [2.45, 2.75) is 13.3 Å². The minimum atomic E-state index is -0.363. The van der Waals surface area contributed by atoms with Gasteiger partial charge >= 0.3 is 0 Å². The molecule has 0 unspecified atom stereocenters. The highest BCUT2D eigenvalue weighted by atomic mass is 32.1. The van der Waals surface area contributed by atoms with Gasteiger partial charge in [0.25, 0.3) is 5.91 Å². The zero-order valence-electron chi connectivity index (χ0n) is 15.2. The number of carbonyl (C=O) groups is 2. The Kier molecular flexibility index (Phi) is 6.17. The molecule has 28 heavy (non-hydrogen) atoms. The summed E-state index contributed by atoms with van der Waals surface area (Å²) in [5, 5.41) is 9.09. The first-order chi connectivity index (χ1) is 13.5. The van der Waals surface area contributed by atoms with Crippen molar-refractivity contribution in [2.24, 2.45) is 0 Å². The quantitative estimate of drug-likeness (QED) is 0.550. The number of nitrogens with one attached hydrogen (secondary N) is 3. The van der Waals surface area contributed by atoms with Crippen LogP contribution in [0.2, 0.25) is 0 Å². The lowest BCUT2D eigenvalue weighted by Crippen LogP contribution is -2.34. The van der Waals surface area contributed by atoms with E-state index >= 15 is 0 Å². The summed E-state index contributed by atoms with van der Waals surface area (Å²) < 4.78 is 6.08. The van der Waals surface area contributed by atoms with Crippen LogP contribution in [0.1, 0.15) is 23.7 Å². The Morgan fingerprint density at radius 1 is 1.18 bits per heavy atom. The summed E-state index contributed by atoms with van der Waals surface area (Å²) in [6.45, 7) is 1.78. The number of hydrogen-bond donors (Lipinski definition) is 3. The second-order valence-corrected chi connectivity index (χ2v) is 7.15. The zero-order chi connectivity index (χ0) is 20.1. The third-order valence-electron chi connectivity index (χ3n) is 3.79. The molecule has 3 N–H and O–H groups in total. The summed E-state index contributed by atoms with van der Waals surface area (Å²) in [6, 6.07) is 12.4. The highest BCUT2D eigenvalue weighted by Gasteiger charge is 2.13. The maximum atomic E-state index is 12.4. The predicted octanol–water partition coefficient (Wildman–Crippen LogP) is 3.78. The van der Waals surface area contributed by atoms with Crippen LogP contribution in [0.5, 0.6) is 5.75 Å². The SMILES string of the molecule is CCC(=O)Nc1nc2ccc(NC(=S)NC(=O)c3ccccc3OC)cc2s1. The molecule has 0 spiro atoms. The van der Waals surface area contributed by atoms with Crippen LogP contribution in [0.15, 0.2) is 42.5 Å². The molecule has 1 aromatic heterocycles. The minimum absolute atomic E-state index is 0.0855. The Morgan fingerprint density at radius 3 is 2.71 bits per heavy atom. The first-order valence-electron chi connectivity index (χ1n) is 8.46. The average Bonchev–Trinajstić information content (AvgIpc) is 3.08. The van der Waals surface area contributed by atoms with E-state index in [9.17, 15) is 9.59 Å². The van der Waals surface area contributed by atoms with Crippen molar-refractivity contribution >= 4 is 61.5 Å². The molecule has 9 heteroatoms. The Morgan fingerprint density at radius 2 is 1.96 bits per heavy atom. The van der Waals surface area contributed by atoms with Crippen molar-refractivity contribution in [1.82, 2.24) is 10.3 Å². The fourth-order valence-corrected chi connectivity index (χ4v) is 3.56. The van der Waals surface area contributed by atoms with E-state index in [0.29, 0.717) is 28.6 Å². The van der Waals surface area contributed by atoms with Gasteiger partial charge in [-0.3, -0.25) is 14.9 Å². The van der Waals surface area contributed by atoms with Crippen LogP contribution in [-0.4, -0.2) is 29.0 Å². The zero-order valence-corrected chi connectivity index (χ0v) is 16.9. The van der Waals surface area contributed by atoms with Crippen LogP contribution < -0.4 is 20.7 Å². The van der Waals surface area contributed by atoms with Gasteiger partial charge in [-0.05, 0) is 42.5 Å². The molecule has 3 rings (SSSR count). The molecule has 0 radical (unpaired) electrons. The summed E-state index contributed by atoms with van der Waals surface area (Å²) in [6.07, 6.45) is 0.392. The maximum absolute atomic E-state index is 12.4. The molecule has 2 amide bonds. The predicted molar refractivity (Wildman–Crippen MR) is 115 cm³/mol. The van der Waals surface area contributed by atoms with Crippen molar-refractivity contribution in [2.75, 3.05) is 17.7 Å². The molecule has 144 valence electrons. The van der Waals surface area contributed by atoms with Gasteiger partial charge in [0.1, 0.15) is 5.75 Å². The number of para-hydroxylation sites is 1. The van der Waals surface area contributed by atoms with Gasteiger partial charge in [-0.2, -0.15) is 0 Å². The van der Waals surface area contributed by atoms with E-state index in [1.165, 1.54) is 18.4 Å². The largest absolute Gasteiger partial charge is 0.496 e. The molecule has 1 heterocycles. The van der Waals surface area contributed by atoms with Gasteiger partial charge in [-0.1, -0.05) is 30.4 Å². The van der Waals surface area contributed by atoms with Crippen LogP contribution in [-0.2, 0) is 4.79 Å². The van der Waals surface area contributed by atoms with Crippen molar-refractivity contribution in [1.29, 1.82) is 0 Å². The van der Waals surface area contributed by atoms with E-state index in [0.717, 1.165) is 10.2 Å². The van der Waals surface area contributed by atoms with Gasteiger partial charge < -0.3 is 15.4 Å². The van der Waals surface area contributed by atoms with E-state index in [2.05, 4.69) is 20.9 Å². The molecule has 0 bridgehead atoms. The maximum Gasteiger partial charge on any atom is 0.261 e. The van der Waals surface area contributed by atoms with Crippen molar-refractivity contribution in [3.63, 3.8) is 0 Å². The highest BCUT2D eigenvalue weighted by molar-refractivity contribution is 7.80. The molecule has 2 aromatic carbocycles. The number of fused-ring (bicyclic) bond motifs is 1. The average molecular weight is 415 g/mol. The fourth-order valence-electron chi connectivity index (χ4n) is 2.43. The summed E-state index contributed by atoms with van der Waals surface area (Å²) in [7, 11) is 1.50. The number of thiocarbonyl (C=S) groups is 1. The van der Waals surface area contributed by atoms with Crippen LogP contribution in [0, 0.1) is 0 Å². The van der Waals surface area contributed by atoms with Gasteiger partial charge in [-0.25, -0.2) is 4.98 Å². The first kappa shape index (κ1) is 19.7. The normalized spacial score (nSPS) is 10.4. The Labute approximate surface area is 171 Å². The lowest BCUT2D eigenvalue weighted by atomic mass is 10.2. The van der Waals surface area contributed by atoms with E-state index in [1.807, 2.05) is 12.1 Å². The number of aromatic nitrogens is 1. The number of hydrogen-bond acceptors (Lipinski definition) is 6. The van der Waals surface area contributed by atoms with Crippen LogP contribution in [0.25, 0.3) is 10.2 Å². The number of amides is 2. The second kappa shape index (κ2) is 8.77. The summed E-state index contributed by atoms with van der Waals surface area (Å²) in [4.78, 5) is 28.3. The van der Waals surface area contributed by atoms with Gasteiger partial charge in [0.05, 0.1) is 22.9 Å². The van der Waals surface area contributed by atoms with Crippen molar-refractivity contribution in [3.8, 4) is 5.75 Å².